The minimum atomic E-state index is -1.15. The van der Waals surface area contributed by atoms with Crippen LogP contribution in [0, 0.1) is 6.92 Å². The summed E-state index contributed by atoms with van der Waals surface area (Å²) in [6.07, 6.45) is 1.32. The molecule has 0 spiro atoms. The summed E-state index contributed by atoms with van der Waals surface area (Å²) in [6, 6.07) is 16.9. The van der Waals surface area contributed by atoms with Crippen LogP contribution in [0.3, 0.4) is 0 Å². The number of nitrogens with zero attached hydrogens (tertiary/aromatic N) is 1. The number of carboxylic acid groups (broad SMARTS) is 1. The molecule has 3 aromatic rings. The van der Waals surface area contributed by atoms with Gasteiger partial charge < -0.3 is 9.84 Å². The van der Waals surface area contributed by atoms with Crippen molar-refractivity contribution < 1.29 is 29.0 Å². The van der Waals surface area contributed by atoms with Crippen LogP contribution < -0.4 is 15.0 Å². The molecule has 2 N–H and O–H groups in total. The Labute approximate surface area is 205 Å². The third-order valence-electron chi connectivity index (χ3n) is 5.26. The van der Waals surface area contributed by atoms with Crippen molar-refractivity contribution in [2.45, 2.75) is 13.5 Å². The fourth-order valence-electron chi connectivity index (χ4n) is 3.38. The highest BCUT2D eigenvalue weighted by atomic mass is 35.5. The van der Waals surface area contributed by atoms with Crippen molar-refractivity contribution in [2.24, 2.45) is 0 Å². The quantitative estimate of drug-likeness (QED) is 0.386. The van der Waals surface area contributed by atoms with Gasteiger partial charge in [-0.3, -0.25) is 14.9 Å². The first-order chi connectivity index (χ1) is 16.7. The van der Waals surface area contributed by atoms with Crippen LogP contribution in [0.1, 0.15) is 27.0 Å². The molecule has 1 fully saturated rings. The molecule has 3 aromatic carbocycles. The van der Waals surface area contributed by atoms with Crippen LogP contribution in [0.25, 0.3) is 6.08 Å². The molecule has 1 aliphatic rings. The summed E-state index contributed by atoms with van der Waals surface area (Å²) < 4.78 is 5.77. The van der Waals surface area contributed by atoms with Crippen LogP contribution >= 0.6 is 11.6 Å². The molecular weight excluding hydrogens is 472 g/mol. The van der Waals surface area contributed by atoms with Gasteiger partial charge in [0.25, 0.3) is 11.8 Å². The molecule has 8 nitrogen and oxygen atoms in total. The van der Waals surface area contributed by atoms with Gasteiger partial charge in [-0.25, -0.2) is 14.5 Å². The number of aromatic carboxylic acids is 1. The Morgan fingerprint density at radius 3 is 2.34 bits per heavy atom. The second kappa shape index (κ2) is 9.82. The van der Waals surface area contributed by atoms with Crippen LogP contribution in [0.4, 0.5) is 10.5 Å². The predicted octanol–water partition coefficient (Wildman–Crippen LogP) is 4.59. The van der Waals surface area contributed by atoms with Gasteiger partial charge in [-0.2, -0.15) is 0 Å². The molecule has 0 atom stereocenters. The number of anilines is 1. The SMILES string of the molecule is Cc1ccc(COc2ccc(/C=C3\C(=O)NC(=O)N(c4ccc(C(=O)O)cc4)C3=O)cc2Cl)cc1. The van der Waals surface area contributed by atoms with Crippen molar-refractivity contribution in [3.63, 3.8) is 0 Å². The van der Waals surface area contributed by atoms with Gasteiger partial charge in [0.05, 0.1) is 16.3 Å². The highest BCUT2D eigenvalue weighted by Crippen LogP contribution is 2.28. The molecule has 1 heterocycles. The predicted molar refractivity (Wildman–Crippen MR) is 129 cm³/mol. The van der Waals surface area contributed by atoms with Gasteiger partial charge in [-0.05, 0) is 60.5 Å². The van der Waals surface area contributed by atoms with Crippen molar-refractivity contribution in [2.75, 3.05) is 4.90 Å². The molecule has 0 unspecified atom stereocenters. The molecular formula is C26H19ClN2O6. The van der Waals surface area contributed by atoms with Gasteiger partial charge in [-0.1, -0.05) is 47.5 Å². The second-order valence-electron chi connectivity index (χ2n) is 7.77. The Bertz CT molecular complexity index is 1360. The number of carboxylic acids is 1. The number of benzene rings is 3. The average molecular weight is 491 g/mol. The standard InChI is InChI=1S/C26H19ClN2O6/c1-15-2-4-16(5-3-15)14-35-22-11-6-17(13-21(22)27)12-20-23(30)28-26(34)29(24(20)31)19-9-7-18(8-10-19)25(32)33/h2-13H,14H2,1H3,(H,32,33)(H,28,30,34)/b20-12+. The lowest BCUT2D eigenvalue weighted by atomic mass is 10.1. The molecule has 0 saturated carbocycles. The van der Waals surface area contributed by atoms with E-state index in [0.29, 0.717) is 17.9 Å². The number of barbiturate groups is 1. The molecule has 1 aliphatic heterocycles. The number of ether oxygens (including phenoxy) is 1. The van der Waals surface area contributed by atoms with Gasteiger partial charge >= 0.3 is 12.0 Å². The van der Waals surface area contributed by atoms with Crippen LogP contribution in [0.15, 0.2) is 72.3 Å². The first-order valence-corrected chi connectivity index (χ1v) is 10.8. The summed E-state index contributed by atoms with van der Waals surface area (Å²) in [6.45, 7) is 2.31. The smallest absolute Gasteiger partial charge is 0.335 e. The molecule has 4 rings (SSSR count). The fourth-order valence-corrected chi connectivity index (χ4v) is 3.62. The minimum absolute atomic E-state index is 0.00946. The van der Waals surface area contributed by atoms with E-state index in [-0.39, 0.29) is 21.8 Å². The summed E-state index contributed by atoms with van der Waals surface area (Å²) in [5.41, 5.74) is 2.40. The van der Waals surface area contributed by atoms with Crippen molar-refractivity contribution in [1.29, 1.82) is 0 Å². The minimum Gasteiger partial charge on any atom is -0.487 e. The number of hydrogen-bond donors (Lipinski definition) is 2. The van der Waals surface area contributed by atoms with Gasteiger partial charge in [-0.15, -0.1) is 0 Å². The summed E-state index contributed by atoms with van der Waals surface area (Å²) in [7, 11) is 0. The van der Waals surface area contributed by atoms with Crippen LogP contribution in [-0.4, -0.2) is 28.9 Å². The highest BCUT2D eigenvalue weighted by molar-refractivity contribution is 6.39. The molecule has 176 valence electrons. The maximum atomic E-state index is 13.0. The lowest BCUT2D eigenvalue weighted by Gasteiger charge is -2.26. The normalized spacial score (nSPS) is 14.7. The molecule has 0 aliphatic carbocycles. The Kier molecular flexibility index (Phi) is 6.66. The number of nitrogens with one attached hydrogen (secondary N) is 1. The zero-order chi connectivity index (χ0) is 25.1. The number of aryl methyl sites for hydroxylation is 1. The van der Waals surface area contributed by atoms with Crippen LogP contribution in [0.2, 0.25) is 5.02 Å². The molecule has 9 heteroatoms. The Hall–Kier alpha value is -4.43. The third-order valence-corrected chi connectivity index (χ3v) is 5.55. The van der Waals surface area contributed by atoms with Gasteiger partial charge in [0.15, 0.2) is 0 Å². The number of hydrogen-bond acceptors (Lipinski definition) is 5. The van der Waals surface area contributed by atoms with E-state index in [1.54, 1.807) is 18.2 Å². The van der Waals surface area contributed by atoms with Crippen molar-refractivity contribution in [1.82, 2.24) is 5.32 Å². The number of urea groups is 1. The summed E-state index contributed by atoms with van der Waals surface area (Å²) in [5, 5.41) is 11.4. The average Bonchev–Trinajstić information content (AvgIpc) is 2.82. The van der Waals surface area contributed by atoms with Crippen LogP contribution in [0.5, 0.6) is 5.75 Å². The second-order valence-corrected chi connectivity index (χ2v) is 8.18. The van der Waals surface area contributed by atoms with Gasteiger partial charge in [0, 0.05) is 0 Å². The van der Waals surface area contributed by atoms with E-state index in [0.717, 1.165) is 16.0 Å². The largest absolute Gasteiger partial charge is 0.487 e. The molecule has 0 aromatic heterocycles. The summed E-state index contributed by atoms with van der Waals surface area (Å²) in [4.78, 5) is 49.6. The lowest BCUT2D eigenvalue weighted by Crippen LogP contribution is -2.54. The molecule has 4 amide bonds. The Morgan fingerprint density at radius 2 is 1.71 bits per heavy atom. The third kappa shape index (κ3) is 5.23. The zero-order valence-electron chi connectivity index (χ0n) is 18.4. The summed E-state index contributed by atoms with van der Waals surface area (Å²) in [5.74, 6) is -2.42. The number of rotatable bonds is 6. The molecule has 0 radical (unpaired) electrons. The Balaban J connectivity index is 1.55. The number of imide groups is 2. The topological polar surface area (TPSA) is 113 Å². The molecule has 0 bridgehead atoms. The monoisotopic (exact) mass is 490 g/mol. The first kappa shape index (κ1) is 23.7. The maximum Gasteiger partial charge on any atom is 0.335 e. The summed E-state index contributed by atoms with van der Waals surface area (Å²) >= 11 is 6.35. The zero-order valence-corrected chi connectivity index (χ0v) is 19.2. The van der Waals surface area contributed by atoms with Crippen LogP contribution in [-0.2, 0) is 16.2 Å². The van der Waals surface area contributed by atoms with E-state index in [1.807, 2.05) is 31.2 Å². The van der Waals surface area contributed by atoms with Gasteiger partial charge in [0.2, 0.25) is 0 Å². The number of carbonyl (C=O) groups excluding carboxylic acids is 3. The number of carbonyl (C=O) groups is 4. The van der Waals surface area contributed by atoms with E-state index in [1.165, 1.54) is 30.3 Å². The van der Waals surface area contributed by atoms with Gasteiger partial charge in [0.1, 0.15) is 17.9 Å². The van der Waals surface area contributed by atoms with E-state index in [4.69, 9.17) is 21.4 Å². The van der Waals surface area contributed by atoms with Crippen molar-refractivity contribution in [3.05, 3.63) is 99.6 Å². The highest BCUT2D eigenvalue weighted by Gasteiger charge is 2.36. The van der Waals surface area contributed by atoms with Crippen molar-refractivity contribution >= 4 is 47.2 Å². The fraction of sp³-hybridized carbons (Fsp3) is 0.0769. The molecule has 1 saturated heterocycles. The number of amides is 4. The maximum absolute atomic E-state index is 13.0. The first-order valence-electron chi connectivity index (χ1n) is 10.5. The Morgan fingerprint density at radius 1 is 1.03 bits per heavy atom. The van der Waals surface area contributed by atoms with Crippen molar-refractivity contribution in [3.8, 4) is 5.75 Å². The van der Waals surface area contributed by atoms with E-state index < -0.39 is 23.8 Å². The van der Waals surface area contributed by atoms with E-state index in [2.05, 4.69) is 5.32 Å². The molecule has 35 heavy (non-hydrogen) atoms. The van der Waals surface area contributed by atoms with E-state index >= 15 is 0 Å². The van der Waals surface area contributed by atoms with E-state index in [9.17, 15) is 19.2 Å². The lowest BCUT2D eigenvalue weighted by molar-refractivity contribution is -0.122. The number of halogens is 1.